The van der Waals surface area contributed by atoms with Gasteiger partial charge < -0.3 is 34.3 Å². The molecule has 0 unspecified atom stereocenters. The van der Waals surface area contributed by atoms with Gasteiger partial charge in [0.05, 0.1) is 20.1 Å². The largest absolute Gasteiger partial charge is 0.492 e. The second-order valence-electron chi connectivity index (χ2n) is 6.81. The Kier molecular flexibility index (Phi) is 4.51. The Morgan fingerprint density at radius 2 is 1.83 bits per heavy atom. The van der Waals surface area contributed by atoms with Crippen molar-refractivity contribution < 1.29 is 23.7 Å². The summed E-state index contributed by atoms with van der Waals surface area (Å²) >= 11 is 0. The van der Waals surface area contributed by atoms with Crippen molar-refractivity contribution in [3.05, 3.63) is 46.8 Å². The lowest BCUT2D eigenvalue weighted by Gasteiger charge is -2.29. The lowest BCUT2D eigenvalue weighted by Crippen LogP contribution is -2.22. The van der Waals surface area contributed by atoms with E-state index in [0.29, 0.717) is 34.3 Å². The Morgan fingerprint density at radius 3 is 2.48 bits per heavy atom. The Morgan fingerprint density at radius 1 is 1.07 bits per heavy atom. The van der Waals surface area contributed by atoms with Crippen LogP contribution in [0.1, 0.15) is 17.0 Å². The molecule has 0 aromatic heterocycles. The standard InChI is InChI=1S/C21H21N3O5/c1-24(2)11-5-6-12-15(7-11)29-21(23)14(9-22)17(12)13-8-16-19(28-10-27-16)20(26-4)18(13)25-3/h5-8,17H,10,23H2,1-4H3/t17-/m0/s1. The third-order valence-corrected chi connectivity index (χ3v) is 5.04. The molecule has 0 saturated carbocycles. The molecule has 2 aromatic carbocycles. The van der Waals surface area contributed by atoms with Gasteiger partial charge in [-0.2, -0.15) is 5.26 Å². The van der Waals surface area contributed by atoms with E-state index in [-0.39, 0.29) is 18.2 Å². The fourth-order valence-electron chi connectivity index (χ4n) is 3.67. The quantitative estimate of drug-likeness (QED) is 0.844. The van der Waals surface area contributed by atoms with Gasteiger partial charge in [0.25, 0.3) is 0 Å². The highest BCUT2D eigenvalue weighted by Gasteiger charge is 2.36. The SMILES string of the molecule is COc1c([C@H]2C(C#N)=C(N)Oc3cc(N(C)C)ccc32)cc2c(c1OC)OCO2. The number of anilines is 1. The van der Waals surface area contributed by atoms with Gasteiger partial charge in [-0.05, 0) is 12.1 Å². The number of fused-ring (bicyclic) bond motifs is 2. The second kappa shape index (κ2) is 7.02. The van der Waals surface area contributed by atoms with Crippen molar-refractivity contribution in [3.63, 3.8) is 0 Å². The molecule has 2 aromatic rings. The first-order valence-electron chi connectivity index (χ1n) is 8.93. The van der Waals surface area contributed by atoms with Crippen LogP contribution in [0, 0.1) is 11.3 Å². The molecule has 8 nitrogen and oxygen atoms in total. The lowest BCUT2D eigenvalue weighted by atomic mass is 9.82. The van der Waals surface area contributed by atoms with E-state index in [0.717, 1.165) is 11.3 Å². The van der Waals surface area contributed by atoms with E-state index in [1.165, 1.54) is 14.2 Å². The highest BCUT2D eigenvalue weighted by Crippen LogP contribution is 2.54. The van der Waals surface area contributed by atoms with E-state index in [1.54, 1.807) is 6.07 Å². The molecule has 0 fully saturated rings. The highest BCUT2D eigenvalue weighted by molar-refractivity contribution is 5.69. The third-order valence-electron chi connectivity index (χ3n) is 5.04. The number of methoxy groups -OCH3 is 2. The second-order valence-corrected chi connectivity index (χ2v) is 6.81. The van der Waals surface area contributed by atoms with Crippen molar-refractivity contribution >= 4 is 5.69 Å². The van der Waals surface area contributed by atoms with Gasteiger partial charge in [-0.3, -0.25) is 0 Å². The van der Waals surface area contributed by atoms with Crippen LogP contribution < -0.4 is 34.3 Å². The van der Waals surface area contributed by atoms with E-state index in [9.17, 15) is 5.26 Å². The molecule has 0 saturated heterocycles. The van der Waals surface area contributed by atoms with Gasteiger partial charge in [0.15, 0.2) is 11.5 Å². The molecule has 0 aliphatic carbocycles. The minimum atomic E-state index is -0.515. The summed E-state index contributed by atoms with van der Waals surface area (Å²) in [6.45, 7) is 0.0813. The molecular weight excluding hydrogens is 374 g/mol. The minimum Gasteiger partial charge on any atom is -0.492 e. The van der Waals surface area contributed by atoms with Gasteiger partial charge in [-0.1, -0.05) is 6.07 Å². The molecule has 0 spiro atoms. The van der Waals surface area contributed by atoms with E-state index in [1.807, 2.05) is 37.2 Å². The topological polar surface area (TPSA) is 99.2 Å². The summed E-state index contributed by atoms with van der Waals surface area (Å²) in [5.74, 6) is 1.97. The summed E-state index contributed by atoms with van der Waals surface area (Å²) in [6.07, 6.45) is 0. The first kappa shape index (κ1) is 18.6. The fraction of sp³-hybridized carbons (Fsp3) is 0.286. The van der Waals surface area contributed by atoms with Gasteiger partial charge in [0.2, 0.25) is 24.2 Å². The fourth-order valence-corrected chi connectivity index (χ4v) is 3.67. The molecule has 0 bridgehead atoms. The van der Waals surface area contributed by atoms with Crippen LogP contribution in [0.15, 0.2) is 35.7 Å². The van der Waals surface area contributed by atoms with Crippen molar-refractivity contribution in [2.45, 2.75) is 5.92 Å². The number of allylic oxidation sites excluding steroid dienone is 1. The summed E-state index contributed by atoms with van der Waals surface area (Å²) in [4.78, 5) is 1.96. The predicted molar refractivity (Wildman–Crippen MR) is 106 cm³/mol. The van der Waals surface area contributed by atoms with Gasteiger partial charge >= 0.3 is 0 Å². The van der Waals surface area contributed by atoms with E-state index in [2.05, 4.69) is 6.07 Å². The molecule has 4 rings (SSSR count). The average molecular weight is 395 g/mol. The smallest absolute Gasteiger partial charge is 0.231 e. The molecule has 150 valence electrons. The number of nitriles is 1. The van der Waals surface area contributed by atoms with Crippen LogP contribution in [0.2, 0.25) is 0 Å². The van der Waals surface area contributed by atoms with Crippen LogP contribution in [0.5, 0.6) is 28.7 Å². The van der Waals surface area contributed by atoms with Crippen LogP contribution in [0.3, 0.4) is 0 Å². The molecule has 2 heterocycles. The van der Waals surface area contributed by atoms with Crippen molar-refractivity contribution in [1.82, 2.24) is 0 Å². The van der Waals surface area contributed by atoms with Crippen LogP contribution >= 0.6 is 0 Å². The Labute approximate surface area is 168 Å². The predicted octanol–water partition coefficient (Wildman–Crippen LogP) is 2.72. The van der Waals surface area contributed by atoms with Crippen LogP contribution in [0.4, 0.5) is 5.69 Å². The number of hydrogen-bond acceptors (Lipinski definition) is 8. The number of hydrogen-bond donors (Lipinski definition) is 1. The average Bonchev–Trinajstić information content (AvgIpc) is 3.18. The molecule has 1 atom stereocenters. The zero-order valence-electron chi connectivity index (χ0n) is 16.6. The lowest BCUT2D eigenvalue weighted by molar-refractivity contribution is 0.170. The van der Waals surface area contributed by atoms with Gasteiger partial charge in [0.1, 0.15) is 17.4 Å². The molecule has 0 radical (unpaired) electrons. The first-order chi connectivity index (χ1) is 14.0. The van der Waals surface area contributed by atoms with E-state index >= 15 is 0 Å². The van der Waals surface area contributed by atoms with Crippen LogP contribution in [-0.2, 0) is 0 Å². The van der Waals surface area contributed by atoms with Crippen molar-refractivity contribution in [3.8, 4) is 34.8 Å². The summed E-state index contributed by atoms with van der Waals surface area (Å²) in [7, 11) is 6.94. The van der Waals surface area contributed by atoms with Crippen LogP contribution in [-0.4, -0.2) is 35.1 Å². The zero-order valence-corrected chi connectivity index (χ0v) is 16.6. The van der Waals surface area contributed by atoms with E-state index in [4.69, 9.17) is 29.4 Å². The van der Waals surface area contributed by atoms with Gasteiger partial charge in [-0.15, -0.1) is 0 Å². The summed E-state index contributed by atoms with van der Waals surface area (Å²) in [5.41, 5.74) is 8.83. The van der Waals surface area contributed by atoms with Crippen molar-refractivity contribution in [2.24, 2.45) is 5.73 Å². The van der Waals surface area contributed by atoms with Crippen LogP contribution in [0.25, 0.3) is 0 Å². The molecule has 2 aliphatic heterocycles. The number of benzene rings is 2. The summed E-state index contributed by atoms with van der Waals surface area (Å²) in [6, 6.07) is 9.76. The Bertz CT molecular complexity index is 1060. The number of ether oxygens (including phenoxy) is 5. The maximum Gasteiger partial charge on any atom is 0.231 e. The van der Waals surface area contributed by atoms with E-state index < -0.39 is 5.92 Å². The molecule has 8 heteroatoms. The van der Waals surface area contributed by atoms with Crippen molar-refractivity contribution in [2.75, 3.05) is 40.0 Å². The Hall–Kier alpha value is -3.73. The zero-order chi connectivity index (χ0) is 20.7. The monoisotopic (exact) mass is 395 g/mol. The molecule has 29 heavy (non-hydrogen) atoms. The molecule has 2 N–H and O–H groups in total. The normalized spacial score (nSPS) is 16.6. The summed E-state index contributed by atoms with van der Waals surface area (Å²) < 4.78 is 28.1. The first-order valence-corrected chi connectivity index (χ1v) is 8.93. The maximum absolute atomic E-state index is 9.84. The number of nitrogens with two attached hydrogens (primary N) is 1. The number of nitrogens with zero attached hydrogens (tertiary/aromatic N) is 2. The third kappa shape index (κ3) is 2.83. The molecule has 0 amide bonds. The molecule has 2 aliphatic rings. The number of rotatable bonds is 4. The minimum absolute atomic E-state index is 0.0552. The maximum atomic E-state index is 9.84. The van der Waals surface area contributed by atoms with Gasteiger partial charge in [0, 0.05) is 37.0 Å². The Balaban J connectivity index is 1.98. The van der Waals surface area contributed by atoms with Crippen molar-refractivity contribution in [1.29, 1.82) is 5.26 Å². The molecular formula is C21H21N3O5. The summed E-state index contributed by atoms with van der Waals surface area (Å²) in [5, 5.41) is 9.84. The highest BCUT2D eigenvalue weighted by atomic mass is 16.7. The van der Waals surface area contributed by atoms with Gasteiger partial charge in [-0.25, -0.2) is 0 Å².